The fourth-order valence-electron chi connectivity index (χ4n) is 4.21. The van der Waals surface area contributed by atoms with Crippen LogP contribution in [0.25, 0.3) is 5.82 Å². The third-order valence-corrected chi connectivity index (χ3v) is 6.66. The number of hydrogen-bond acceptors (Lipinski definition) is 4. The Labute approximate surface area is 170 Å². The number of aromatic nitrogens is 3. The van der Waals surface area contributed by atoms with Crippen molar-refractivity contribution in [2.24, 2.45) is 5.41 Å². The van der Waals surface area contributed by atoms with Crippen molar-refractivity contribution < 1.29 is 9.59 Å². The van der Waals surface area contributed by atoms with Gasteiger partial charge in [0, 0.05) is 31.4 Å². The lowest BCUT2D eigenvalue weighted by Gasteiger charge is -2.33. The molecule has 2 aromatic rings. The highest BCUT2D eigenvalue weighted by atomic mass is 16.2. The molecule has 3 heterocycles. The van der Waals surface area contributed by atoms with Crippen LogP contribution in [-0.4, -0.2) is 50.6 Å². The van der Waals surface area contributed by atoms with Crippen LogP contribution in [0.4, 0.5) is 0 Å². The van der Waals surface area contributed by atoms with Crippen LogP contribution in [-0.2, 0) is 4.79 Å². The summed E-state index contributed by atoms with van der Waals surface area (Å²) in [6.07, 6.45) is 10.7. The quantitative estimate of drug-likeness (QED) is 0.847. The normalized spacial score (nSPS) is 21.1. The number of piperidine rings is 1. The number of carbonyl (C=O) groups is 2. The Kier molecular flexibility index (Phi) is 4.41. The molecule has 1 saturated heterocycles. The first kappa shape index (κ1) is 18.3. The molecule has 1 spiro atoms. The molecule has 2 aliphatic carbocycles. The molecule has 7 heteroatoms. The van der Waals surface area contributed by atoms with Gasteiger partial charge in [0.25, 0.3) is 5.91 Å². The van der Waals surface area contributed by atoms with Crippen molar-refractivity contribution in [3.05, 3.63) is 41.9 Å². The molecule has 1 N–H and O–H groups in total. The summed E-state index contributed by atoms with van der Waals surface area (Å²) in [5.74, 6) is 0.997. The Morgan fingerprint density at radius 3 is 2.52 bits per heavy atom. The van der Waals surface area contributed by atoms with Crippen molar-refractivity contribution in [2.45, 2.75) is 57.4 Å². The Balaban J connectivity index is 1.18. The topological polar surface area (TPSA) is 80.1 Å². The number of nitrogens with zero attached hydrogens (tertiary/aromatic N) is 4. The molecule has 1 atom stereocenters. The molecule has 3 fully saturated rings. The molecule has 2 amide bonds. The van der Waals surface area contributed by atoms with Crippen LogP contribution in [0.15, 0.2) is 30.6 Å². The summed E-state index contributed by atoms with van der Waals surface area (Å²) < 4.78 is 1.74. The van der Waals surface area contributed by atoms with Gasteiger partial charge in [0.15, 0.2) is 5.82 Å². The van der Waals surface area contributed by atoms with Gasteiger partial charge >= 0.3 is 0 Å². The van der Waals surface area contributed by atoms with E-state index in [4.69, 9.17) is 0 Å². The third-order valence-electron chi connectivity index (χ3n) is 6.66. The van der Waals surface area contributed by atoms with Crippen molar-refractivity contribution in [1.29, 1.82) is 0 Å². The van der Waals surface area contributed by atoms with Gasteiger partial charge in [-0.15, -0.1) is 0 Å². The molecular weight excluding hydrogens is 366 g/mol. The van der Waals surface area contributed by atoms with E-state index in [-0.39, 0.29) is 11.8 Å². The highest BCUT2D eigenvalue weighted by Crippen LogP contribution is 2.53. The van der Waals surface area contributed by atoms with E-state index < -0.39 is 6.04 Å². The zero-order valence-corrected chi connectivity index (χ0v) is 16.8. The molecule has 0 radical (unpaired) electrons. The molecule has 2 aromatic heterocycles. The van der Waals surface area contributed by atoms with Crippen molar-refractivity contribution in [3.8, 4) is 5.82 Å². The monoisotopic (exact) mass is 393 g/mol. The van der Waals surface area contributed by atoms with Gasteiger partial charge in [-0.25, -0.2) is 9.67 Å². The number of likely N-dealkylation sites (tertiary alicyclic amines) is 1. The van der Waals surface area contributed by atoms with E-state index in [0.29, 0.717) is 22.7 Å². The SMILES string of the molecule is C[C@H](NC(=O)c1ccc(-n2ccc(C3CC3)n2)nc1)C(=O)N1CCC2(CC1)CC2. The molecule has 0 bridgehead atoms. The minimum Gasteiger partial charge on any atom is -0.341 e. The van der Waals surface area contributed by atoms with Crippen LogP contribution in [0.5, 0.6) is 0 Å². The summed E-state index contributed by atoms with van der Waals surface area (Å²) >= 11 is 0. The van der Waals surface area contributed by atoms with Gasteiger partial charge in [-0.05, 0) is 69.1 Å². The van der Waals surface area contributed by atoms with Gasteiger partial charge in [0.2, 0.25) is 5.91 Å². The maximum absolute atomic E-state index is 12.7. The fourth-order valence-corrected chi connectivity index (χ4v) is 4.21. The van der Waals surface area contributed by atoms with E-state index in [1.54, 1.807) is 23.7 Å². The van der Waals surface area contributed by atoms with E-state index in [0.717, 1.165) is 31.6 Å². The van der Waals surface area contributed by atoms with E-state index in [1.807, 2.05) is 17.2 Å². The predicted molar refractivity (Wildman–Crippen MR) is 108 cm³/mol. The van der Waals surface area contributed by atoms with Crippen LogP contribution in [0.1, 0.15) is 67.4 Å². The zero-order valence-electron chi connectivity index (χ0n) is 16.8. The summed E-state index contributed by atoms with van der Waals surface area (Å²) in [6, 6.07) is 5.00. The number of amides is 2. The third kappa shape index (κ3) is 3.78. The van der Waals surface area contributed by atoms with E-state index in [2.05, 4.69) is 15.4 Å². The van der Waals surface area contributed by atoms with Crippen LogP contribution in [0.2, 0.25) is 0 Å². The highest BCUT2D eigenvalue weighted by Gasteiger charge is 2.45. The van der Waals surface area contributed by atoms with E-state index in [9.17, 15) is 9.59 Å². The molecule has 7 nitrogen and oxygen atoms in total. The number of rotatable bonds is 5. The van der Waals surface area contributed by atoms with E-state index >= 15 is 0 Å². The maximum atomic E-state index is 12.7. The first-order valence-corrected chi connectivity index (χ1v) is 10.6. The number of pyridine rings is 1. The van der Waals surface area contributed by atoms with Gasteiger partial charge in [-0.3, -0.25) is 9.59 Å². The van der Waals surface area contributed by atoms with Crippen molar-refractivity contribution in [3.63, 3.8) is 0 Å². The Bertz CT molecular complexity index is 917. The minimum absolute atomic E-state index is 0.00239. The number of hydrogen-bond donors (Lipinski definition) is 1. The highest BCUT2D eigenvalue weighted by molar-refractivity contribution is 5.97. The van der Waals surface area contributed by atoms with Gasteiger partial charge < -0.3 is 10.2 Å². The lowest BCUT2D eigenvalue weighted by Crippen LogP contribution is -2.49. The largest absolute Gasteiger partial charge is 0.341 e. The predicted octanol–water partition coefficient (Wildman–Crippen LogP) is 2.67. The molecule has 2 saturated carbocycles. The van der Waals surface area contributed by atoms with Gasteiger partial charge in [-0.1, -0.05) is 0 Å². The maximum Gasteiger partial charge on any atom is 0.253 e. The smallest absolute Gasteiger partial charge is 0.253 e. The lowest BCUT2D eigenvalue weighted by molar-refractivity contribution is -0.134. The number of nitrogens with one attached hydrogen (secondary N) is 1. The average molecular weight is 393 g/mol. The molecular formula is C22H27N5O2. The molecule has 29 heavy (non-hydrogen) atoms. The molecule has 3 aliphatic rings. The standard InChI is InChI=1S/C22H27N5O2/c1-15(21(29)26-12-9-22(7-8-22)10-13-26)24-20(28)17-4-5-19(23-14-17)27-11-6-18(25-27)16-2-3-16/h4-6,11,14-16H,2-3,7-10,12-13H2,1H3,(H,24,28)/t15-/m0/s1. The summed E-state index contributed by atoms with van der Waals surface area (Å²) in [5, 5.41) is 7.38. The fraction of sp³-hybridized carbons (Fsp3) is 0.545. The van der Waals surface area contributed by atoms with Crippen molar-refractivity contribution in [1.82, 2.24) is 25.0 Å². The molecule has 0 unspecified atom stereocenters. The Morgan fingerprint density at radius 2 is 1.90 bits per heavy atom. The second-order valence-corrected chi connectivity index (χ2v) is 8.88. The van der Waals surface area contributed by atoms with Crippen LogP contribution >= 0.6 is 0 Å². The summed E-state index contributed by atoms with van der Waals surface area (Å²) in [7, 11) is 0. The molecule has 1 aliphatic heterocycles. The Hall–Kier alpha value is -2.70. The second kappa shape index (κ2) is 6.97. The van der Waals surface area contributed by atoms with Gasteiger partial charge in [-0.2, -0.15) is 5.10 Å². The van der Waals surface area contributed by atoms with Crippen LogP contribution in [0.3, 0.4) is 0 Å². The van der Waals surface area contributed by atoms with Crippen LogP contribution in [0, 0.1) is 5.41 Å². The lowest BCUT2D eigenvalue weighted by atomic mass is 9.93. The minimum atomic E-state index is -0.539. The van der Waals surface area contributed by atoms with Crippen molar-refractivity contribution in [2.75, 3.05) is 13.1 Å². The second-order valence-electron chi connectivity index (χ2n) is 8.88. The molecule has 152 valence electrons. The van der Waals surface area contributed by atoms with E-state index in [1.165, 1.54) is 31.9 Å². The average Bonchev–Trinajstić information content (AvgIpc) is 3.68. The van der Waals surface area contributed by atoms with Crippen molar-refractivity contribution >= 4 is 11.8 Å². The van der Waals surface area contributed by atoms with Crippen LogP contribution < -0.4 is 5.32 Å². The Morgan fingerprint density at radius 1 is 1.14 bits per heavy atom. The first-order valence-electron chi connectivity index (χ1n) is 10.6. The van der Waals surface area contributed by atoms with Gasteiger partial charge in [0.1, 0.15) is 6.04 Å². The van der Waals surface area contributed by atoms with Gasteiger partial charge in [0.05, 0.1) is 11.3 Å². The summed E-state index contributed by atoms with van der Waals surface area (Å²) in [6.45, 7) is 3.37. The summed E-state index contributed by atoms with van der Waals surface area (Å²) in [4.78, 5) is 31.5. The first-order chi connectivity index (χ1) is 14.0. The zero-order chi connectivity index (χ0) is 20.0. The number of carbonyl (C=O) groups excluding carboxylic acids is 2. The summed E-state index contributed by atoms with van der Waals surface area (Å²) in [5.41, 5.74) is 2.08. The molecule has 5 rings (SSSR count). The molecule has 0 aromatic carbocycles.